The molecule has 1 heterocycles. The molecule has 1 aromatic rings. The molecule has 1 fully saturated rings. The van der Waals surface area contributed by atoms with Gasteiger partial charge in [0.15, 0.2) is 0 Å². The van der Waals surface area contributed by atoms with Crippen LogP contribution in [-0.4, -0.2) is 35.1 Å². The summed E-state index contributed by atoms with van der Waals surface area (Å²) in [5.74, 6) is 6.97. The fourth-order valence-electron chi connectivity index (χ4n) is 2.30. The molecule has 1 aromatic heterocycles. The number of nitrogens with zero attached hydrogens (tertiary/aromatic N) is 4. The molecule has 0 atom stereocenters. The monoisotopic (exact) mass is 265 g/mol. The average Bonchev–Trinajstić information content (AvgIpc) is 2.67. The molecule has 0 aliphatic heterocycles. The van der Waals surface area contributed by atoms with E-state index in [4.69, 9.17) is 5.84 Å². The Morgan fingerprint density at radius 2 is 1.63 bits per heavy atom. The summed E-state index contributed by atoms with van der Waals surface area (Å²) >= 11 is 0. The van der Waals surface area contributed by atoms with Crippen molar-refractivity contribution in [3.05, 3.63) is 0 Å². The highest BCUT2D eigenvalue weighted by molar-refractivity contribution is 5.42. The zero-order valence-corrected chi connectivity index (χ0v) is 11.7. The molecule has 106 valence electrons. The molecule has 2 rings (SSSR count). The molecule has 1 aliphatic rings. The molecule has 1 saturated carbocycles. The van der Waals surface area contributed by atoms with E-state index in [9.17, 15) is 0 Å². The first-order valence-corrected chi connectivity index (χ1v) is 6.85. The van der Waals surface area contributed by atoms with Gasteiger partial charge in [0.25, 0.3) is 0 Å². The van der Waals surface area contributed by atoms with Gasteiger partial charge in [-0.1, -0.05) is 25.7 Å². The van der Waals surface area contributed by atoms with E-state index in [1.807, 2.05) is 19.0 Å². The third kappa shape index (κ3) is 3.92. The maximum atomic E-state index is 5.40. The number of nitrogen functional groups attached to an aromatic ring is 1. The molecule has 0 unspecified atom stereocenters. The van der Waals surface area contributed by atoms with Crippen molar-refractivity contribution in [3.63, 3.8) is 0 Å². The van der Waals surface area contributed by atoms with Gasteiger partial charge in [-0.15, -0.1) is 0 Å². The van der Waals surface area contributed by atoms with Crippen molar-refractivity contribution in [1.82, 2.24) is 15.0 Å². The van der Waals surface area contributed by atoms with Crippen molar-refractivity contribution in [2.75, 3.05) is 29.7 Å². The summed E-state index contributed by atoms with van der Waals surface area (Å²) in [6.07, 6.45) is 7.54. The third-order valence-electron chi connectivity index (χ3n) is 3.34. The fourth-order valence-corrected chi connectivity index (χ4v) is 2.30. The standard InChI is InChI=1S/C12H23N7/c1-19(2)12-16-10(15-11(17-12)18-13)14-9-7-5-3-4-6-8-9/h9H,3-8,13H2,1-2H3,(H2,14,15,16,17,18). The van der Waals surface area contributed by atoms with Crippen LogP contribution in [0.5, 0.6) is 0 Å². The topological polar surface area (TPSA) is 92.0 Å². The highest BCUT2D eigenvalue weighted by atomic mass is 15.4. The lowest BCUT2D eigenvalue weighted by molar-refractivity contribution is 0.614. The van der Waals surface area contributed by atoms with Crippen LogP contribution in [0.25, 0.3) is 0 Å². The Hall–Kier alpha value is -1.63. The van der Waals surface area contributed by atoms with E-state index in [0.29, 0.717) is 23.9 Å². The van der Waals surface area contributed by atoms with Crippen molar-refractivity contribution in [2.24, 2.45) is 5.84 Å². The van der Waals surface area contributed by atoms with E-state index in [0.717, 1.165) is 0 Å². The Morgan fingerprint density at radius 1 is 1.00 bits per heavy atom. The van der Waals surface area contributed by atoms with Crippen molar-refractivity contribution >= 4 is 17.8 Å². The molecule has 0 aromatic carbocycles. The highest BCUT2D eigenvalue weighted by Crippen LogP contribution is 2.20. The van der Waals surface area contributed by atoms with Crippen LogP contribution in [0, 0.1) is 0 Å². The van der Waals surface area contributed by atoms with Crippen LogP contribution in [0.3, 0.4) is 0 Å². The minimum atomic E-state index is 0.384. The quantitative estimate of drug-likeness (QED) is 0.430. The average molecular weight is 265 g/mol. The molecule has 0 saturated heterocycles. The molecular formula is C12H23N7. The number of nitrogens with two attached hydrogens (primary N) is 1. The Morgan fingerprint density at radius 3 is 2.21 bits per heavy atom. The summed E-state index contributed by atoms with van der Waals surface area (Å²) in [4.78, 5) is 14.7. The zero-order valence-electron chi connectivity index (χ0n) is 11.7. The fraction of sp³-hybridized carbons (Fsp3) is 0.750. The molecule has 0 bridgehead atoms. The lowest BCUT2D eigenvalue weighted by atomic mass is 10.1. The molecule has 4 N–H and O–H groups in total. The second kappa shape index (κ2) is 6.51. The normalized spacial score (nSPS) is 16.8. The van der Waals surface area contributed by atoms with E-state index in [1.165, 1.54) is 38.5 Å². The number of hydrogen-bond acceptors (Lipinski definition) is 7. The zero-order chi connectivity index (χ0) is 13.7. The predicted octanol–water partition coefficient (Wildman–Crippen LogP) is 1.36. The summed E-state index contributed by atoms with van der Waals surface area (Å²) in [6, 6.07) is 0.450. The molecule has 7 heteroatoms. The van der Waals surface area contributed by atoms with Gasteiger partial charge < -0.3 is 10.2 Å². The Kier molecular flexibility index (Phi) is 4.73. The summed E-state index contributed by atoms with van der Waals surface area (Å²) in [5, 5.41) is 3.41. The first-order valence-electron chi connectivity index (χ1n) is 6.85. The van der Waals surface area contributed by atoms with Gasteiger partial charge in [0.2, 0.25) is 17.8 Å². The van der Waals surface area contributed by atoms with E-state index in [1.54, 1.807) is 0 Å². The van der Waals surface area contributed by atoms with Crippen molar-refractivity contribution in [1.29, 1.82) is 0 Å². The largest absolute Gasteiger partial charge is 0.351 e. The summed E-state index contributed by atoms with van der Waals surface area (Å²) in [7, 11) is 3.79. The van der Waals surface area contributed by atoms with E-state index in [-0.39, 0.29) is 0 Å². The van der Waals surface area contributed by atoms with Gasteiger partial charge in [-0.25, -0.2) is 5.84 Å². The third-order valence-corrected chi connectivity index (χ3v) is 3.34. The lowest BCUT2D eigenvalue weighted by Crippen LogP contribution is -2.23. The number of hydrogen-bond donors (Lipinski definition) is 3. The summed E-state index contributed by atoms with van der Waals surface area (Å²) in [6.45, 7) is 0. The van der Waals surface area contributed by atoms with Crippen LogP contribution in [0.15, 0.2) is 0 Å². The first-order chi connectivity index (χ1) is 9.19. The SMILES string of the molecule is CN(C)c1nc(NN)nc(NC2CCCCCC2)n1. The second-order valence-electron chi connectivity index (χ2n) is 5.15. The minimum absolute atomic E-state index is 0.384. The van der Waals surface area contributed by atoms with Crippen LogP contribution >= 0.6 is 0 Å². The smallest absolute Gasteiger partial charge is 0.243 e. The van der Waals surface area contributed by atoms with Crippen LogP contribution < -0.4 is 21.5 Å². The molecule has 1 aliphatic carbocycles. The number of aromatic nitrogens is 3. The number of anilines is 3. The molecule has 0 radical (unpaired) electrons. The predicted molar refractivity (Wildman–Crippen MR) is 77.1 cm³/mol. The highest BCUT2D eigenvalue weighted by Gasteiger charge is 2.15. The molecule has 19 heavy (non-hydrogen) atoms. The van der Waals surface area contributed by atoms with Gasteiger partial charge in [0, 0.05) is 20.1 Å². The summed E-state index contributed by atoms with van der Waals surface area (Å²) in [5.41, 5.74) is 2.48. The van der Waals surface area contributed by atoms with Gasteiger partial charge in [0.05, 0.1) is 0 Å². The number of rotatable bonds is 4. The van der Waals surface area contributed by atoms with E-state index < -0.39 is 0 Å². The van der Waals surface area contributed by atoms with Gasteiger partial charge in [0.1, 0.15) is 0 Å². The van der Waals surface area contributed by atoms with Gasteiger partial charge in [-0.2, -0.15) is 15.0 Å². The minimum Gasteiger partial charge on any atom is -0.351 e. The second-order valence-corrected chi connectivity index (χ2v) is 5.15. The maximum Gasteiger partial charge on any atom is 0.243 e. The number of hydrazine groups is 1. The lowest BCUT2D eigenvalue weighted by Gasteiger charge is -2.18. The Bertz CT molecular complexity index is 399. The number of nitrogens with one attached hydrogen (secondary N) is 2. The first kappa shape index (κ1) is 13.8. The van der Waals surface area contributed by atoms with Crippen molar-refractivity contribution in [2.45, 2.75) is 44.6 Å². The van der Waals surface area contributed by atoms with Gasteiger partial charge >= 0.3 is 0 Å². The Labute approximate surface area is 114 Å². The molecule has 7 nitrogen and oxygen atoms in total. The van der Waals surface area contributed by atoms with Crippen molar-refractivity contribution in [3.8, 4) is 0 Å². The van der Waals surface area contributed by atoms with Gasteiger partial charge in [-0.3, -0.25) is 5.43 Å². The van der Waals surface area contributed by atoms with E-state index >= 15 is 0 Å². The maximum absolute atomic E-state index is 5.40. The van der Waals surface area contributed by atoms with Crippen LogP contribution in [-0.2, 0) is 0 Å². The van der Waals surface area contributed by atoms with E-state index in [2.05, 4.69) is 25.7 Å². The Balaban J connectivity index is 2.11. The van der Waals surface area contributed by atoms with Crippen molar-refractivity contribution < 1.29 is 0 Å². The van der Waals surface area contributed by atoms with Crippen LogP contribution in [0.2, 0.25) is 0 Å². The molecule has 0 spiro atoms. The molecular weight excluding hydrogens is 242 g/mol. The van der Waals surface area contributed by atoms with Crippen LogP contribution in [0.1, 0.15) is 38.5 Å². The van der Waals surface area contributed by atoms with Crippen LogP contribution in [0.4, 0.5) is 17.8 Å². The van der Waals surface area contributed by atoms with Gasteiger partial charge in [-0.05, 0) is 12.8 Å². The molecule has 0 amide bonds. The summed E-state index contributed by atoms with van der Waals surface area (Å²) < 4.78 is 0.